The summed E-state index contributed by atoms with van der Waals surface area (Å²) in [5.74, 6) is 0. The minimum Gasteiger partial charge on any atom is -0.389 e. The average molecular weight is 319 g/mol. The van der Waals surface area contributed by atoms with Crippen LogP contribution < -0.4 is 11.1 Å². The molecule has 0 aromatic heterocycles. The monoisotopic (exact) mass is 318 g/mol. The van der Waals surface area contributed by atoms with Crippen LogP contribution in [0.1, 0.15) is 31.9 Å². The Labute approximate surface area is 136 Å². The van der Waals surface area contributed by atoms with Crippen molar-refractivity contribution in [1.82, 2.24) is 0 Å². The molecule has 2 aromatic carbocycles. The smallest absolute Gasteiger partial charge is 0.105 e. The van der Waals surface area contributed by atoms with Crippen molar-refractivity contribution in [2.24, 2.45) is 5.73 Å². The maximum Gasteiger partial charge on any atom is 0.105 e. The van der Waals surface area contributed by atoms with Gasteiger partial charge in [-0.2, -0.15) is 0 Å². The SMILES string of the molecule is CC(C)(C)c1ccc(Nc2ccc(C(N)=S)c(Cl)c2)cc1. The van der Waals surface area contributed by atoms with Gasteiger partial charge in [0.05, 0.1) is 5.02 Å². The lowest BCUT2D eigenvalue weighted by Crippen LogP contribution is -2.10. The van der Waals surface area contributed by atoms with Crippen LogP contribution in [0.5, 0.6) is 0 Å². The Morgan fingerprint density at radius 3 is 2.10 bits per heavy atom. The molecule has 0 heterocycles. The van der Waals surface area contributed by atoms with Gasteiger partial charge in [0.2, 0.25) is 0 Å². The lowest BCUT2D eigenvalue weighted by atomic mass is 9.87. The van der Waals surface area contributed by atoms with Crippen molar-refractivity contribution in [1.29, 1.82) is 0 Å². The fraction of sp³-hybridized carbons (Fsp3) is 0.235. The molecule has 0 spiro atoms. The molecule has 0 bridgehead atoms. The molecule has 0 amide bonds. The first-order valence-electron chi connectivity index (χ1n) is 6.74. The minimum absolute atomic E-state index is 0.153. The number of nitrogens with two attached hydrogens (primary N) is 1. The van der Waals surface area contributed by atoms with Crippen molar-refractivity contribution in [3.05, 3.63) is 58.6 Å². The third kappa shape index (κ3) is 3.96. The number of rotatable bonds is 3. The highest BCUT2D eigenvalue weighted by Crippen LogP contribution is 2.26. The molecule has 0 saturated carbocycles. The molecule has 2 rings (SSSR count). The molecule has 0 aliphatic heterocycles. The van der Waals surface area contributed by atoms with E-state index >= 15 is 0 Å². The predicted octanol–water partition coefficient (Wildman–Crippen LogP) is 5.02. The molecule has 4 heteroatoms. The van der Waals surface area contributed by atoms with E-state index in [0.717, 1.165) is 11.4 Å². The van der Waals surface area contributed by atoms with Crippen molar-refractivity contribution in [2.75, 3.05) is 5.32 Å². The fourth-order valence-electron chi connectivity index (χ4n) is 2.01. The van der Waals surface area contributed by atoms with Crippen LogP contribution >= 0.6 is 23.8 Å². The molecule has 0 fully saturated rings. The van der Waals surface area contributed by atoms with Gasteiger partial charge < -0.3 is 11.1 Å². The van der Waals surface area contributed by atoms with Crippen LogP contribution in [-0.4, -0.2) is 4.99 Å². The van der Waals surface area contributed by atoms with Gasteiger partial charge in [-0.25, -0.2) is 0 Å². The van der Waals surface area contributed by atoms with Crippen LogP contribution in [0.2, 0.25) is 5.02 Å². The van der Waals surface area contributed by atoms with E-state index < -0.39 is 0 Å². The Morgan fingerprint density at radius 2 is 1.62 bits per heavy atom. The van der Waals surface area contributed by atoms with Crippen LogP contribution in [-0.2, 0) is 5.41 Å². The van der Waals surface area contributed by atoms with Gasteiger partial charge in [0.25, 0.3) is 0 Å². The summed E-state index contributed by atoms with van der Waals surface area (Å²) in [6.07, 6.45) is 0. The summed E-state index contributed by atoms with van der Waals surface area (Å²) < 4.78 is 0. The van der Waals surface area contributed by atoms with Gasteiger partial charge in [-0.3, -0.25) is 0 Å². The molecule has 0 saturated heterocycles. The van der Waals surface area contributed by atoms with Crippen molar-refractivity contribution in [2.45, 2.75) is 26.2 Å². The van der Waals surface area contributed by atoms with E-state index in [4.69, 9.17) is 29.6 Å². The van der Waals surface area contributed by atoms with Crippen molar-refractivity contribution in [3.63, 3.8) is 0 Å². The summed E-state index contributed by atoms with van der Waals surface area (Å²) in [5, 5.41) is 3.88. The van der Waals surface area contributed by atoms with Gasteiger partial charge in [0.15, 0.2) is 0 Å². The Bertz CT molecular complexity index is 657. The standard InChI is InChI=1S/C17H19ClN2S/c1-17(2,3)11-4-6-12(7-5-11)20-13-8-9-14(16(19)21)15(18)10-13/h4-10,20H,1-3H3,(H2,19,21). The second-order valence-corrected chi connectivity index (χ2v) is 6.86. The molecule has 0 unspecified atom stereocenters. The third-order valence-electron chi connectivity index (χ3n) is 3.27. The topological polar surface area (TPSA) is 38.0 Å². The van der Waals surface area contributed by atoms with Crippen LogP contribution in [0.4, 0.5) is 11.4 Å². The van der Waals surface area contributed by atoms with E-state index in [-0.39, 0.29) is 5.41 Å². The van der Waals surface area contributed by atoms with E-state index in [1.54, 1.807) is 0 Å². The zero-order valence-electron chi connectivity index (χ0n) is 12.4. The molecule has 0 atom stereocenters. The minimum atomic E-state index is 0.153. The highest BCUT2D eigenvalue weighted by Gasteiger charge is 2.12. The van der Waals surface area contributed by atoms with Crippen molar-refractivity contribution >= 4 is 40.2 Å². The third-order valence-corrected chi connectivity index (χ3v) is 3.81. The van der Waals surface area contributed by atoms with Crippen molar-refractivity contribution < 1.29 is 0 Å². The highest BCUT2D eigenvalue weighted by molar-refractivity contribution is 7.80. The van der Waals surface area contributed by atoms with E-state index in [1.807, 2.05) is 18.2 Å². The number of halogens is 1. The van der Waals surface area contributed by atoms with Crippen LogP contribution in [0.15, 0.2) is 42.5 Å². The quantitative estimate of drug-likeness (QED) is 0.781. The highest BCUT2D eigenvalue weighted by atomic mass is 35.5. The van der Waals surface area contributed by atoms with Gasteiger partial charge in [-0.05, 0) is 41.3 Å². The summed E-state index contributed by atoms with van der Waals surface area (Å²) in [5.41, 5.74) is 9.67. The lowest BCUT2D eigenvalue weighted by Gasteiger charge is -2.19. The largest absolute Gasteiger partial charge is 0.389 e. The molecule has 3 N–H and O–H groups in total. The second kappa shape index (κ2) is 6.04. The number of thiocarbonyl (C=S) groups is 1. The van der Waals surface area contributed by atoms with Crippen molar-refractivity contribution in [3.8, 4) is 0 Å². The summed E-state index contributed by atoms with van der Waals surface area (Å²) >= 11 is 11.1. The van der Waals surface area contributed by atoms with E-state index in [9.17, 15) is 0 Å². The maximum absolute atomic E-state index is 6.17. The molecule has 2 aromatic rings. The Hall–Kier alpha value is -1.58. The zero-order valence-corrected chi connectivity index (χ0v) is 14.0. The summed E-state index contributed by atoms with van der Waals surface area (Å²) in [7, 11) is 0. The number of anilines is 2. The number of nitrogens with one attached hydrogen (secondary N) is 1. The average Bonchev–Trinajstić information content (AvgIpc) is 2.38. The summed E-state index contributed by atoms with van der Waals surface area (Å²) in [6, 6.07) is 14.0. The van der Waals surface area contributed by atoms with Crippen LogP contribution in [0.3, 0.4) is 0 Å². The molecule has 0 radical (unpaired) electrons. The Balaban J connectivity index is 2.19. The van der Waals surface area contributed by atoms with E-state index in [2.05, 4.69) is 50.4 Å². The molecule has 2 nitrogen and oxygen atoms in total. The number of hydrogen-bond acceptors (Lipinski definition) is 2. The van der Waals surface area contributed by atoms with E-state index in [1.165, 1.54) is 5.56 Å². The molecule has 0 aliphatic rings. The lowest BCUT2D eigenvalue weighted by molar-refractivity contribution is 0.590. The fourth-order valence-corrected chi connectivity index (χ4v) is 2.53. The van der Waals surface area contributed by atoms with Gasteiger partial charge in [0.1, 0.15) is 4.99 Å². The normalized spacial score (nSPS) is 11.2. The zero-order chi connectivity index (χ0) is 15.6. The first-order chi connectivity index (χ1) is 9.77. The first-order valence-corrected chi connectivity index (χ1v) is 7.53. The molecule has 110 valence electrons. The second-order valence-electron chi connectivity index (χ2n) is 6.01. The molecular weight excluding hydrogens is 300 g/mol. The Kier molecular flexibility index (Phi) is 4.55. The number of hydrogen-bond donors (Lipinski definition) is 2. The summed E-state index contributed by atoms with van der Waals surface area (Å²) in [6.45, 7) is 6.59. The molecular formula is C17H19ClN2S. The Morgan fingerprint density at radius 1 is 1.05 bits per heavy atom. The number of benzene rings is 2. The van der Waals surface area contributed by atoms with Gasteiger partial charge in [0, 0.05) is 16.9 Å². The predicted molar refractivity (Wildman–Crippen MR) is 95.8 cm³/mol. The maximum atomic E-state index is 6.17. The van der Waals surface area contributed by atoms with Gasteiger partial charge in [-0.15, -0.1) is 0 Å². The first kappa shape index (κ1) is 15.8. The van der Waals surface area contributed by atoms with Gasteiger partial charge in [-0.1, -0.05) is 56.7 Å². The van der Waals surface area contributed by atoms with E-state index in [0.29, 0.717) is 15.6 Å². The summed E-state index contributed by atoms with van der Waals surface area (Å²) in [4.78, 5) is 0.307. The molecule has 0 aliphatic carbocycles. The van der Waals surface area contributed by atoms with Gasteiger partial charge >= 0.3 is 0 Å². The van der Waals surface area contributed by atoms with Crippen LogP contribution in [0.25, 0.3) is 0 Å². The van der Waals surface area contributed by atoms with Crippen LogP contribution in [0, 0.1) is 0 Å². The molecule has 21 heavy (non-hydrogen) atoms.